The maximum absolute atomic E-state index is 12.3. The molecule has 2 N–H and O–H groups in total. The summed E-state index contributed by atoms with van der Waals surface area (Å²) in [7, 11) is 1.27. The fourth-order valence-corrected chi connectivity index (χ4v) is 2.67. The predicted molar refractivity (Wildman–Crippen MR) is 81.8 cm³/mol. The first kappa shape index (κ1) is 16.8. The Kier molecular flexibility index (Phi) is 5.56. The van der Waals surface area contributed by atoms with Crippen LogP contribution in [0, 0.1) is 0 Å². The molecule has 0 unspecified atom stereocenters. The summed E-state index contributed by atoms with van der Waals surface area (Å²) in [6.07, 6.45) is 1.39. The van der Waals surface area contributed by atoms with Crippen LogP contribution in [0.3, 0.4) is 0 Å². The molecular formula is C16H20N2O5. The van der Waals surface area contributed by atoms with Gasteiger partial charge < -0.3 is 20.1 Å². The minimum Gasteiger partial charge on any atom is -0.480 e. The van der Waals surface area contributed by atoms with Crippen LogP contribution < -0.4 is 5.32 Å². The van der Waals surface area contributed by atoms with Crippen molar-refractivity contribution in [2.45, 2.75) is 31.3 Å². The van der Waals surface area contributed by atoms with Crippen molar-refractivity contribution in [3.63, 3.8) is 0 Å². The molecule has 0 aromatic heterocycles. The average Bonchev–Trinajstić information content (AvgIpc) is 3.04. The number of nitrogens with one attached hydrogen (secondary N) is 1. The van der Waals surface area contributed by atoms with Gasteiger partial charge in [-0.2, -0.15) is 0 Å². The van der Waals surface area contributed by atoms with E-state index in [0.29, 0.717) is 19.4 Å². The SMILES string of the molecule is COC(=O)[C@@H]1CCCN1C(=O)N[C@@H](Cc1ccccc1)C(=O)O. The summed E-state index contributed by atoms with van der Waals surface area (Å²) in [5.74, 6) is -1.59. The van der Waals surface area contributed by atoms with E-state index < -0.39 is 30.1 Å². The zero-order chi connectivity index (χ0) is 16.8. The smallest absolute Gasteiger partial charge is 0.328 e. The van der Waals surface area contributed by atoms with E-state index in [0.717, 1.165) is 5.56 Å². The van der Waals surface area contributed by atoms with Gasteiger partial charge in [-0.3, -0.25) is 0 Å². The summed E-state index contributed by atoms with van der Waals surface area (Å²) in [4.78, 5) is 36.7. The van der Waals surface area contributed by atoms with E-state index in [2.05, 4.69) is 10.1 Å². The molecule has 124 valence electrons. The van der Waals surface area contributed by atoms with Crippen molar-refractivity contribution in [3.05, 3.63) is 35.9 Å². The van der Waals surface area contributed by atoms with Gasteiger partial charge in [-0.25, -0.2) is 14.4 Å². The fourth-order valence-electron chi connectivity index (χ4n) is 2.67. The van der Waals surface area contributed by atoms with Gasteiger partial charge >= 0.3 is 18.0 Å². The predicted octanol–water partition coefficient (Wildman–Crippen LogP) is 1.03. The summed E-state index contributed by atoms with van der Waals surface area (Å²) in [5, 5.41) is 11.8. The second kappa shape index (κ2) is 7.62. The van der Waals surface area contributed by atoms with Gasteiger partial charge in [-0.15, -0.1) is 0 Å². The van der Waals surface area contributed by atoms with Crippen LogP contribution in [0.2, 0.25) is 0 Å². The number of likely N-dealkylation sites (tertiary alicyclic amines) is 1. The number of carbonyl (C=O) groups is 3. The number of carboxylic acids is 1. The molecule has 1 aliphatic rings. The normalized spacial score (nSPS) is 18.3. The highest BCUT2D eigenvalue weighted by atomic mass is 16.5. The summed E-state index contributed by atoms with van der Waals surface area (Å²) in [5.41, 5.74) is 0.811. The number of carboxylic acid groups (broad SMARTS) is 1. The van der Waals surface area contributed by atoms with Gasteiger partial charge in [0.2, 0.25) is 0 Å². The highest BCUT2D eigenvalue weighted by molar-refractivity contribution is 5.87. The molecule has 7 nitrogen and oxygen atoms in total. The molecule has 0 bridgehead atoms. The number of nitrogens with zero attached hydrogens (tertiary/aromatic N) is 1. The molecule has 0 saturated carbocycles. The Morgan fingerprint density at radius 1 is 1.35 bits per heavy atom. The molecule has 0 radical (unpaired) electrons. The minimum atomic E-state index is -1.11. The number of ether oxygens (including phenoxy) is 1. The number of aliphatic carboxylic acids is 1. The fraction of sp³-hybridized carbons (Fsp3) is 0.438. The van der Waals surface area contributed by atoms with E-state index >= 15 is 0 Å². The molecule has 2 rings (SSSR count). The standard InChI is InChI=1S/C16H20N2O5/c1-23-15(21)13-8-5-9-18(13)16(22)17-12(14(19)20)10-11-6-3-2-4-7-11/h2-4,6-7,12-13H,5,8-10H2,1H3,(H,17,22)(H,19,20)/t12-,13-/m0/s1. The highest BCUT2D eigenvalue weighted by Crippen LogP contribution is 2.18. The van der Waals surface area contributed by atoms with E-state index in [1.165, 1.54) is 12.0 Å². The van der Waals surface area contributed by atoms with Crippen molar-refractivity contribution in [1.82, 2.24) is 10.2 Å². The lowest BCUT2D eigenvalue weighted by Gasteiger charge is -2.25. The first-order valence-electron chi connectivity index (χ1n) is 7.44. The molecule has 1 heterocycles. The Bertz CT molecular complexity index is 575. The minimum absolute atomic E-state index is 0.179. The number of hydrogen-bond donors (Lipinski definition) is 2. The van der Waals surface area contributed by atoms with Crippen molar-refractivity contribution in [1.29, 1.82) is 0 Å². The number of urea groups is 1. The van der Waals surface area contributed by atoms with E-state index in [1.807, 2.05) is 18.2 Å². The van der Waals surface area contributed by atoms with Gasteiger partial charge in [0.25, 0.3) is 0 Å². The number of esters is 1. The third-order valence-electron chi connectivity index (χ3n) is 3.87. The molecule has 23 heavy (non-hydrogen) atoms. The molecule has 1 aliphatic heterocycles. The van der Waals surface area contributed by atoms with Gasteiger partial charge in [0, 0.05) is 13.0 Å². The van der Waals surface area contributed by atoms with Crippen LogP contribution in [0.15, 0.2) is 30.3 Å². The van der Waals surface area contributed by atoms with Crippen molar-refractivity contribution in [2.75, 3.05) is 13.7 Å². The number of rotatable bonds is 5. The number of amides is 2. The quantitative estimate of drug-likeness (QED) is 0.790. The van der Waals surface area contributed by atoms with Gasteiger partial charge in [0.1, 0.15) is 12.1 Å². The molecule has 0 aliphatic carbocycles. The zero-order valence-electron chi connectivity index (χ0n) is 12.9. The van der Waals surface area contributed by atoms with Crippen molar-refractivity contribution in [3.8, 4) is 0 Å². The number of carbonyl (C=O) groups excluding carboxylic acids is 2. The first-order chi connectivity index (χ1) is 11.0. The van der Waals surface area contributed by atoms with Crippen LogP contribution >= 0.6 is 0 Å². The number of hydrogen-bond acceptors (Lipinski definition) is 4. The van der Waals surface area contributed by atoms with Crippen LogP contribution in [0.25, 0.3) is 0 Å². The van der Waals surface area contributed by atoms with Crippen LogP contribution in [-0.2, 0) is 20.7 Å². The molecule has 1 fully saturated rings. The molecule has 2 amide bonds. The molecular weight excluding hydrogens is 300 g/mol. The van der Waals surface area contributed by atoms with Crippen molar-refractivity contribution >= 4 is 18.0 Å². The maximum atomic E-state index is 12.3. The van der Waals surface area contributed by atoms with Crippen molar-refractivity contribution in [2.24, 2.45) is 0 Å². The zero-order valence-corrected chi connectivity index (χ0v) is 12.9. The summed E-state index contributed by atoms with van der Waals surface area (Å²) in [6, 6.07) is 6.80. The second-order valence-electron chi connectivity index (χ2n) is 5.40. The van der Waals surface area contributed by atoms with Gasteiger partial charge in [-0.1, -0.05) is 30.3 Å². The third-order valence-corrected chi connectivity index (χ3v) is 3.87. The first-order valence-corrected chi connectivity index (χ1v) is 7.44. The van der Waals surface area contributed by atoms with Gasteiger partial charge in [-0.05, 0) is 18.4 Å². The van der Waals surface area contributed by atoms with Crippen LogP contribution in [0.1, 0.15) is 18.4 Å². The second-order valence-corrected chi connectivity index (χ2v) is 5.40. The Balaban J connectivity index is 2.03. The Labute approximate surface area is 134 Å². The lowest BCUT2D eigenvalue weighted by atomic mass is 10.1. The van der Waals surface area contributed by atoms with E-state index in [9.17, 15) is 19.5 Å². The molecule has 1 aromatic rings. The molecule has 7 heteroatoms. The lowest BCUT2D eigenvalue weighted by Crippen LogP contribution is -2.52. The van der Waals surface area contributed by atoms with Crippen LogP contribution in [0.4, 0.5) is 4.79 Å². The highest BCUT2D eigenvalue weighted by Gasteiger charge is 2.36. The summed E-state index contributed by atoms with van der Waals surface area (Å²) >= 11 is 0. The Morgan fingerprint density at radius 2 is 2.04 bits per heavy atom. The van der Waals surface area contributed by atoms with E-state index in [4.69, 9.17) is 0 Å². The van der Waals surface area contributed by atoms with Gasteiger partial charge in [0.15, 0.2) is 0 Å². The summed E-state index contributed by atoms with van der Waals surface area (Å²) < 4.78 is 4.69. The van der Waals surface area contributed by atoms with Crippen LogP contribution in [0.5, 0.6) is 0 Å². The van der Waals surface area contributed by atoms with Crippen molar-refractivity contribution < 1.29 is 24.2 Å². The maximum Gasteiger partial charge on any atom is 0.328 e. The lowest BCUT2D eigenvalue weighted by molar-refractivity contribution is -0.144. The molecule has 2 atom stereocenters. The topological polar surface area (TPSA) is 95.9 Å². The number of benzene rings is 1. The van der Waals surface area contributed by atoms with Crippen LogP contribution in [-0.4, -0.2) is 53.7 Å². The summed E-state index contributed by atoms with van der Waals surface area (Å²) in [6.45, 7) is 0.406. The van der Waals surface area contributed by atoms with Gasteiger partial charge in [0.05, 0.1) is 7.11 Å². The monoisotopic (exact) mass is 320 g/mol. The molecule has 1 aromatic carbocycles. The molecule has 1 saturated heterocycles. The Hall–Kier alpha value is -2.57. The molecule has 0 spiro atoms. The average molecular weight is 320 g/mol. The third kappa shape index (κ3) is 4.21. The van der Waals surface area contributed by atoms with E-state index in [-0.39, 0.29) is 6.42 Å². The van der Waals surface area contributed by atoms with E-state index in [1.54, 1.807) is 12.1 Å². The largest absolute Gasteiger partial charge is 0.480 e. The Morgan fingerprint density at radius 3 is 2.65 bits per heavy atom. The number of methoxy groups -OCH3 is 1.